The number of benzene rings is 1. The second-order valence-corrected chi connectivity index (χ2v) is 6.42. The quantitative estimate of drug-likeness (QED) is 0.915. The van der Waals surface area contributed by atoms with Gasteiger partial charge in [0, 0.05) is 18.1 Å². The molecule has 120 valence electrons. The molecule has 4 rings (SSSR count). The average molecular weight is 314 g/mol. The molecule has 1 amide bonds. The van der Waals surface area contributed by atoms with Crippen LogP contribution in [-0.4, -0.2) is 24.0 Å². The molecule has 2 aromatic rings. The van der Waals surface area contributed by atoms with Gasteiger partial charge in [-0.05, 0) is 49.9 Å². The van der Waals surface area contributed by atoms with Crippen molar-refractivity contribution in [3.63, 3.8) is 0 Å². The summed E-state index contributed by atoms with van der Waals surface area (Å²) >= 11 is 0. The van der Waals surface area contributed by atoms with Crippen molar-refractivity contribution in [3.8, 4) is 11.3 Å². The summed E-state index contributed by atoms with van der Waals surface area (Å²) in [5, 5.41) is 6.60. The molecule has 2 aliphatic heterocycles. The molecule has 2 unspecified atom stereocenters. The van der Waals surface area contributed by atoms with Gasteiger partial charge >= 0.3 is 0 Å². The highest BCUT2D eigenvalue weighted by Gasteiger charge is 2.34. The van der Waals surface area contributed by atoms with Crippen molar-refractivity contribution in [3.05, 3.63) is 48.0 Å². The molecule has 0 spiro atoms. The van der Waals surface area contributed by atoms with Gasteiger partial charge in [0.15, 0.2) is 5.76 Å². The molecule has 2 N–H and O–H groups in total. The molecule has 2 fully saturated rings. The lowest BCUT2D eigenvalue weighted by atomic mass is 10.00. The van der Waals surface area contributed by atoms with Crippen LogP contribution in [0.4, 0.5) is 4.39 Å². The Morgan fingerprint density at radius 3 is 2.61 bits per heavy atom. The Morgan fingerprint density at radius 1 is 1.13 bits per heavy atom. The van der Waals surface area contributed by atoms with Crippen LogP contribution in [0.1, 0.15) is 36.2 Å². The molecular formula is C18H19FN2O2. The predicted octanol–water partition coefficient (Wildman–Crippen LogP) is 3.10. The minimum Gasteiger partial charge on any atom is -0.451 e. The van der Waals surface area contributed by atoms with Crippen LogP contribution in [0.15, 0.2) is 40.8 Å². The Kier molecular flexibility index (Phi) is 3.65. The molecule has 3 heterocycles. The summed E-state index contributed by atoms with van der Waals surface area (Å²) in [4.78, 5) is 12.4. The van der Waals surface area contributed by atoms with Crippen molar-refractivity contribution < 1.29 is 13.6 Å². The number of halogens is 1. The number of nitrogens with one attached hydrogen (secondary N) is 2. The zero-order valence-electron chi connectivity index (χ0n) is 12.7. The lowest BCUT2D eigenvalue weighted by Crippen LogP contribution is -2.47. The molecule has 0 radical (unpaired) electrons. The van der Waals surface area contributed by atoms with Crippen LogP contribution in [-0.2, 0) is 0 Å². The molecule has 0 saturated carbocycles. The van der Waals surface area contributed by atoms with Gasteiger partial charge in [0.25, 0.3) is 5.91 Å². The third-order valence-electron chi connectivity index (χ3n) is 4.78. The first-order chi connectivity index (χ1) is 11.2. The number of fused-ring (bicyclic) bond motifs is 2. The average Bonchev–Trinajstić information content (AvgIpc) is 3.15. The maximum Gasteiger partial charge on any atom is 0.287 e. The Labute approximate surface area is 134 Å². The summed E-state index contributed by atoms with van der Waals surface area (Å²) in [6, 6.07) is 10.8. The molecule has 23 heavy (non-hydrogen) atoms. The molecule has 2 bridgehead atoms. The lowest BCUT2D eigenvalue weighted by molar-refractivity contribution is 0.0896. The van der Waals surface area contributed by atoms with Gasteiger partial charge in [-0.3, -0.25) is 4.79 Å². The standard InChI is InChI=1S/C18H19FN2O2/c19-15-4-2-1-3-14(15)16-7-8-17(23-16)18(22)21-13-9-11-5-6-12(10-13)20-11/h1-4,7-8,11-13,20H,5-6,9-10H2,(H,21,22). The van der Waals surface area contributed by atoms with Gasteiger partial charge < -0.3 is 15.1 Å². The summed E-state index contributed by atoms with van der Waals surface area (Å²) in [7, 11) is 0. The first-order valence-corrected chi connectivity index (χ1v) is 8.10. The number of piperidine rings is 1. The number of carbonyl (C=O) groups is 1. The molecule has 1 aromatic carbocycles. The summed E-state index contributed by atoms with van der Waals surface area (Å²) in [6.45, 7) is 0. The first-order valence-electron chi connectivity index (χ1n) is 8.10. The minimum absolute atomic E-state index is 0.184. The summed E-state index contributed by atoms with van der Waals surface area (Å²) < 4.78 is 19.3. The van der Waals surface area contributed by atoms with E-state index in [1.807, 2.05) is 0 Å². The highest BCUT2D eigenvalue weighted by molar-refractivity contribution is 5.92. The molecule has 5 heteroatoms. The van der Waals surface area contributed by atoms with Crippen LogP contribution < -0.4 is 10.6 Å². The van der Waals surface area contributed by atoms with E-state index < -0.39 is 0 Å². The van der Waals surface area contributed by atoms with E-state index in [-0.39, 0.29) is 23.5 Å². The molecule has 4 nitrogen and oxygen atoms in total. The maximum absolute atomic E-state index is 13.8. The minimum atomic E-state index is -0.358. The third-order valence-corrected chi connectivity index (χ3v) is 4.78. The van der Waals surface area contributed by atoms with Crippen LogP contribution >= 0.6 is 0 Å². The van der Waals surface area contributed by atoms with E-state index in [1.165, 1.54) is 18.9 Å². The number of carbonyl (C=O) groups excluding carboxylic acids is 1. The number of furan rings is 1. The fourth-order valence-electron chi connectivity index (χ4n) is 3.70. The number of hydrogen-bond donors (Lipinski definition) is 2. The van der Waals surface area contributed by atoms with Crippen LogP contribution in [0.25, 0.3) is 11.3 Å². The van der Waals surface area contributed by atoms with E-state index >= 15 is 0 Å². The van der Waals surface area contributed by atoms with Crippen molar-refractivity contribution in [1.82, 2.24) is 10.6 Å². The monoisotopic (exact) mass is 314 g/mol. The molecule has 0 aliphatic carbocycles. The summed E-state index contributed by atoms with van der Waals surface area (Å²) in [5.74, 6) is 0.0235. The van der Waals surface area contributed by atoms with Crippen molar-refractivity contribution in [2.75, 3.05) is 0 Å². The summed E-state index contributed by atoms with van der Waals surface area (Å²) in [5.41, 5.74) is 0.367. The van der Waals surface area contributed by atoms with Gasteiger partial charge in [-0.1, -0.05) is 12.1 Å². The van der Waals surface area contributed by atoms with Gasteiger partial charge in [-0.15, -0.1) is 0 Å². The molecule has 2 atom stereocenters. The van der Waals surface area contributed by atoms with Gasteiger partial charge in [0.2, 0.25) is 0 Å². The van der Waals surface area contributed by atoms with Gasteiger partial charge in [0.1, 0.15) is 11.6 Å². The van der Waals surface area contributed by atoms with E-state index in [4.69, 9.17) is 4.42 Å². The highest BCUT2D eigenvalue weighted by Crippen LogP contribution is 2.28. The normalized spacial score (nSPS) is 26.2. The first kappa shape index (κ1) is 14.5. The Balaban J connectivity index is 1.46. The Bertz CT molecular complexity index is 715. The fraction of sp³-hybridized carbons (Fsp3) is 0.389. The molecule has 1 aromatic heterocycles. The van der Waals surface area contributed by atoms with E-state index in [2.05, 4.69) is 10.6 Å². The van der Waals surface area contributed by atoms with Gasteiger partial charge in [-0.25, -0.2) is 4.39 Å². The van der Waals surface area contributed by atoms with Gasteiger partial charge in [0.05, 0.1) is 5.56 Å². The van der Waals surface area contributed by atoms with Crippen molar-refractivity contribution in [1.29, 1.82) is 0 Å². The smallest absolute Gasteiger partial charge is 0.287 e. The van der Waals surface area contributed by atoms with Crippen LogP contribution in [0.2, 0.25) is 0 Å². The second kappa shape index (κ2) is 5.81. The highest BCUT2D eigenvalue weighted by atomic mass is 19.1. The van der Waals surface area contributed by atoms with Crippen LogP contribution in [0.3, 0.4) is 0 Å². The Morgan fingerprint density at radius 2 is 1.87 bits per heavy atom. The number of rotatable bonds is 3. The fourth-order valence-corrected chi connectivity index (χ4v) is 3.70. The van der Waals surface area contributed by atoms with E-state index in [9.17, 15) is 9.18 Å². The number of amides is 1. The summed E-state index contributed by atoms with van der Waals surface area (Å²) in [6.07, 6.45) is 4.30. The van der Waals surface area contributed by atoms with Crippen LogP contribution in [0, 0.1) is 5.82 Å². The molecule has 2 aliphatic rings. The molecular weight excluding hydrogens is 295 g/mol. The zero-order valence-corrected chi connectivity index (χ0v) is 12.7. The third kappa shape index (κ3) is 2.88. The van der Waals surface area contributed by atoms with Crippen molar-refractivity contribution in [2.45, 2.75) is 43.8 Å². The maximum atomic E-state index is 13.8. The molecule has 2 saturated heterocycles. The number of hydrogen-bond acceptors (Lipinski definition) is 3. The Hall–Kier alpha value is -2.14. The van der Waals surface area contributed by atoms with E-state index in [0.717, 1.165) is 12.8 Å². The topological polar surface area (TPSA) is 54.3 Å². The second-order valence-electron chi connectivity index (χ2n) is 6.42. The zero-order chi connectivity index (χ0) is 15.8. The van der Waals surface area contributed by atoms with Crippen molar-refractivity contribution >= 4 is 5.91 Å². The van der Waals surface area contributed by atoms with Crippen molar-refractivity contribution in [2.24, 2.45) is 0 Å². The van der Waals surface area contributed by atoms with E-state index in [1.54, 1.807) is 30.3 Å². The SMILES string of the molecule is O=C(NC1CC2CCC(C1)N2)c1ccc(-c2ccccc2F)o1. The van der Waals surface area contributed by atoms with Crippen LogP contribution in [0.5, 0.6) is 0 Å². The predicted molar refractivity (Wildman–Crippen MR) is 84.5 cm³/mol. The van der Waals surface area contributed by atoms with Gasteiger partial charge in [-0.2, -0.15) is 0 Å². The largest absolute Gasteiger partial charge is 0.451 e. The lowest BCUT2D eigenvalue weighted by Gasteiger charge is -2.29. The van der Waals surface area contributed by atoms with E-state index in [0.29, 0.717) is 23.4 Å².